The zero-order valence-electron chi connectivity index (χ0n) is 12.2. The number of carbonyl (C=O) groups is 1. The van der Waals surface area contributed by atoms with E-state index in [0.29, 0.717) is 28.5 Å². The summed E-state index contributed by atoms with van der Waals surface area (Å²) in [5.41, 5.74) is 6.78. The van der Waals surface area contributed by atoms with Crippen molar-refractivity contribution >= 4 is 45.8 Å². The van der Waals surface area contributed by atoms with Crippen molar-refractivity contribution in [1.29, 1.82) is 0 Å². The van der Waals surface area contributed by atoms with Crippen LogP contribution in [-0.2, 0) is 0 Å². The summed E-state index contributed by atoms with van der Waals surface area (Å²) >= 11 is 9.35. The van der Waals surface area contributed by atoms with Crippen LogP contribution in [-0.4, -0.2) is 18.0 Å². The summed E-state index contributed by atoms with van der Waals surface area (Å²) in [7, 11) is 0. The fourth-order valence-corrected chi connectivity index (χ4v) is 4.79. The lowest BCUT2D eigenvalue weighted by atomic mass is 9.67. The standard InChI is InChI=1S/C16H20BrClN2O.ClH/c17-14-8-11(18)4-5-13(14)16(21)20-15-9-2-1-3-10(15)7-12(19)6-9;/h4-5,8-10,12,15H,1-3,6-7,19H2,(H,20,21);1H. The summed E-state index contributed by atoms with van der Waals surface area (Å²) < 4.78 is 0.741. The average molecular weight is 408 g/mol. The highest BCUT2D eigenvalue weighted by atomic mass is 79.9. The van der Waals surface area contributed by atoms with Crippen molar-refractivity contribution in [2.75, 3.05) is 0 Å². The zero-order valence-corrected chi connectivity index (χ0v) is 15.4. The molecule has 0 saturated heterocycles. The molecule has 2 aliphatic rings. The molecule has 0 heterocycles. The molecule has 122 valence electrons. The van der Waals surface area contributed by atoms with E-state index in [1.165, 1.54) is 19.3 Å². The Morgan fingerprint density at radius 2 is 1.91 bits per heavy atom. The fourth-order valence-electron chi connectivity index (χ4n) is 3.93. The maximum absolute atomic E-state index is 12.5. The molecule has 2 saturated carbocycles. The first kappa shape index (κ1) is 18.1. The Morgan fingerprint density at radius 1 is 1.27 bits per heavy atom. The van der Waals surface area contributed by atoms with E-state index in [-0.39, 0.29) is 24.4 Å². The van der Waals surface area contributed by atoms with Crippen LogP contribution in [0.3, 0.4) is 0 Å². The van der Waals surface area contributed by atoms with Gasteiger partial charge >= 0.3 is 0 Å². The van der Waals surface area contributed by atoms with Gasteiger partial charge in [-0.15, -0.1) is 12.4 Å². The Hall–Kier alpha value is -0.290. The van der Waals surface area contributed by atoms with Crippen LogP contribution in [0.2, 0.25) is 5.02 Å². The van der Waals surface area contributed by atoms with Gasteiger partial charge in [-0.05, 0) is 71.6 Å². The highest BCUT2D eigenvalue weighted by Crippen LogP contribution is 2.39. The van der Waals surface area contributed by atoms with E-state index >= 15 is 0 Å². The smallest absolute Gasteiger partial charge is 0.252 e. The largest absolute Gasteiger partial charge is 0.349 e. The molecule has 3 nitrogen and oxygen atoms in total. The van der Waals surface area contributed by atoms with Gasteiger partial charge < -0.3 is 11.1 Å². The molecule has 6 heteroatoms. The minimum atomic E-state index is -0.0177. The van der Waals surface area contributed by atoms with E-state index < -0.39 is 0 Å². The summed E-state index contributed by atoms with van der Waals surface area (Å²) in [5, 5.41) is 3.87. The number of amides is 1. The van der Waals surface area contributed by atoms with Crippen LogP contribution in [0.15, 0.2) is 22.7 Å². The Morgan fingerprint density at radius 3 is 2.50 bits per heavy atom. The first-order valence-corrected chi connectivity index (χ1v) is 8.73. The van der Waals surface area contributed by atoms with Crippen molar-refractivity contribution in [3.05, 3.63) is 33.3 Å². The molecule has 2 atom stereocenters. The van der Waals surface area contributed by atoms with E-state index in [2.05, 4.69) is 21.2 Å². The molecule has 3 N–H and O–H groups in total. The second-order valence-corrected chi connectivity index (χ2v) is 7.60. The molecule has 1 amide bonds. The van der Waals surface area contributed by atoms with E-state index in [9.17, 15) is 4.79 Å². The molecule has 0 aromatic heterocycles. The Balaban J connectivity index is 0.00000176. The molecule has 0 radical (unpaired) electrons. The van der Waals surface area contributed by atoms with Crippen LogP contribution in [0.5, 0.6) is 0 Å². The van der Waals surface area contributed by atoms with E-state index in [1.54, 1.807) is 18.2 Å². The lowest BCUT2D eigenvalue weighted by molar-refractivity contribution is 0.0755. The Labute approximate surface area is 150 Å². The van der Waals surface area contributed by atoms with Crippen LogP contribution in [0.25, 0.3) is 0 Å². The minimum absolute atomic E-state index is 0. The maximum Gasteiger partial charge on any atom is 0.252 e. The molecule has 1 aromatic rings. The second kappa shape index (κ2) is 7.52. The van der Waals surface area contributed by atoms with Gasteiger partial charge in [-0.1, -0.05) is 18.0 Å². The van der Waals surface area contributed by atoms with Gasteiger partial charge in [-0.3, -0.25) is 4.79 Å². The third-order valence-electron chi connectivity index (χ3n) is 4.85. The number of hydrogen-bond donors (Lipinski definition) is 2. The molecule has 2 aliphatic carbocycles. The maximum atomic E-state index is 12.5. The third-order valence-corrected chi connectivity index (χ3v) is 5.74. The fraction of sp³-hybridized carbons (Fsp3) is 0.562. The zero-order chi connectivity index (χ0) is 15.0. The van der Waals surface area contributed by atoms with Gasteiger partial charge in [-0.2, -0.15) is 0 Å². The minimum Gasteiger partial charge on any atom is -0.349 e. The summed E-state index contributed by atoms with van der Waals surface area (Å²) in [5.74, 6) is 1.04. The first-order valence-electron chi connectivity index (χ1n) is 7.56. The number of halogens is 3. The molecule has 0 spiro atoms. The molecule has 2 fully saturated rings. The number of nitrogens with two attached hydrogens (primary N) is 1. The van der Waals surface area contributed by atoms with Gasteiger partial charge in [-0.25, -0.2) is 0 Å². The highest BCUT2D eigenvalue weighted by Gasteiger charge is 2.40. The summed E-state index contributed by atoms with van der Waals surface area (Å²) in [6, 6.07) is 5.85. The lowest BCUT2D eigenvalue weighted by Crippen LogP contribution is -2.53. The van der Waals surface area contributed by atoms with Gasteiger partial charge in [0.05, 0.1) is 5.56 Å². The number of rotatable bonds is 2. The lowest BCUT2D eigenvalue weighted by Gasteiger charge is -2.45. The Bertz CT molecular complexity index is 541. The summed E-state index contributed by atoms with van der Waals surface area (Å²) in [6.07, 6.45) is 5.68. The number of fused-ring (bicyclic) bond motifs is 2. The van der Waals surface area contributed by atoms with Gasteiger partial charge in [0, 0.05) is 21.6 Å². The van der Waals surface area contributed by atoms with Crippen molar-refractivity contribution in [3.63, 3.8) is 0 Å². The molecular weight excluding hydrogens is 387 g/mol. The number of nitrogens with one attached hydrogen (secondary N) is 1. The van der Waals surface area contributed by atoms with Crippen molar-refractivity contribution in [3.8, 4) is 0 Å². The van der Waals surface area contributed by atoms with Crippen molar-refractivity contribution in [1.82, 2.24) is 5.32 Å². The second-order valence-electron chi connectivity index (χ2n) is 6.31. The molecular formula is C16H21BrCl2N2O. The van der Waals surface area contributed by atoms with Gasteiger partial charge in [0.1, 0.15) is 0 Å². The van der Waals surface area contributed by atoms with Crippen LogP contribution in [0.4, 0.5) is 0 Å². The third kappa shape index (κ3) is 3.78. The van der Waals surface area contributed by atoms with E-state index in [0.717, 1.165) is 17.3 Å². The van der Waals surface area contributed by atoms with Crippen LogP contribution < -0.4 is 11.1 Å². The molecule has 22 heavy (non-hydrogen) atoms. The van der Waals surface area contributed by atoms with Gasteiger partial charge in [0.25, 0.3) is 5.91 Å². The van der Waals surface area contributed by atoms with Gasteiger partial charge in [0.2, 0.25) is 0 Å². The number of carbonyl (C=O) groups excluding carboxylic acids is 1. The average Bonchev–Trinajstić information content (AvgIpc) is 2.39. The molecule has 1 aromatic carbocycles. The van der Waals surface area contributed by atoms with Crippen LogP contribution in [0, 0.1) is 11.8 Å². The first-order chi connectivity index (χ1) is 10.0. The summed E-state index contributed by atoms with van der Waals surface area (Å²) in [6.45, 7) is 0. The SMILES string of the molecule is Cl.NC1CC2CCCC(C1)C2NC(=O)c1ccc(Cl)cc1Br. The topological polar surface area (TPSA) is 55.1 Å². The van der Waals surface area contributed by atoms with Gasteiger partial charge in [0.15, 0.2) is 0 Å². The monoisotopic (exact) mass is 406 g/mol. The molecule has 2 unspecified atom stereocenters. The Kier molecular flexibility index (Phi) is 6.17. The van der Waals surface area contributed by atoms with Crippen LogP contribution in [0.1, 0.15) is 42.5 Å². The predicted octanol–water partition coefficient (Wildman–Crippen LogP) is 4.16. The predicted molar refractivity (Wildman–Crippen MR) is 95.7 cm³/mol. The highest BCUT2D eigenvalue weighted by molar-refractivity contribution is 9.10. The van der Waals surface area contributed by atoms with E-state index in [1.807, 2.05) is 0 Å². The molecule has 0 aliphatic heterocycles. The van der Waals surface area contributed by atoms with Crippen LogP contribution >= 0.6 is 39.9 Å². The van der Waals surface area contributed by atoms with Crippen molar-refractivity contribution < 1.29 is 4.79 Å². The number of benzene rings is 1. The van der Waals surface area contributed by atoms with Crippen molar-refractivity contribution in [2.24, 2.45) is 17.6 Å². The normalized spacial score (nSPS) is 30.3. The van der Waals surface area contributed by atoms with Crippen molar-refractivity contribution in [2.45, 2.75) is 44.2 Å². The quantitative estimate of drug-likeness (QED) is 0.773. The van der Waals surface area contributed by atoms with E-state index in [4.69, 9.17) is 17.3 Å². The molecule has 2 bridgehead atoms. The number of hydrogen-bond acceptors (Lipinski definition) is 2. The summed E-state index contributed by atoms with van der Waals surface area (Å²) in [4.78, 5) is 12.5. The molecule has 3 rings (SSSR count).